The Balaban J connectivity index is 2.69. The van der Waals surface area contributed by atoms with Crippen LogP contribution in [0.25, 0.3) is 0 Å². The van der Waals surface area contributed by atoms with Crippen LogP contribution >= 0.6 is 0 Å². The molecule has 0 aliphatic heterocycles. The summed E-state index contributed by atoms with van der Waals surface area (Å²) in [4.78, 5) is 0. The predicted octanol–water partition coefficient (Wildman–Crippen LogP) is 2.57. The molecule has 0 fully saturated rings. The fourth-order valence-corrected chi connectivity index (χ4v) is 1.58. The van der Waals surface area contributed by atoms with Crippen LogP contribution in [0.5, 0.6) is 5.75 Å². The van der Waals surface area contributed by atoms with E-state index in [9.17, 15) is 0 Å². The maximum atomic E-state index is 7.93. The van der Waals surface area contributed by atoms with E-state index >= 15 is 0 Å². The van der Waals surface area contributed by atoms with E-state index in [0.29, 0.717) is 6.04 Å². The molecule has 0 unspecified atom stereocenters. The van der Waals surface area contributed by atoms with Gasteiger partial charge >= 0.3 is 0 Å². The lowest BCUT2D eigenvalue weighted by Crippen LogP contribution is -2.02. The van der Waals surface area contributed by atoms with Crippen molar-refractivity contribution in [3.05, 3.63) is 29.3 Å². The van der Waals surface area contributed by atoms with E-state index < -0.39 is 0 Å². The topological polar surface area (TPSA) is 9.23 Å². The van der Waals surface area contributed by atoms with E-state index in [4.69, 9.17) is 8.85 Å². The molecule has 64 valence electrons. The van der Waals surface area contributed by atoms with Crippen molar-refractivity contribution < 1.29 is 8.85 Å². The van der Waals surface area contributed by atoms with Crippen LogP contribution < -0.4 is 4.74 Å². The van der Waals surface area contributed by atoms with Crippen LogP contribution in [0.3, 0.4) is 0 Å². The highest BCUT2D eigenvalue weighted by Crippen LogP contribution is 2.24. The Morgan fingerprint density at radius 3 is 2.75 bits per heavy atom. The second kappa shape index (κ2) is 3.18. The largest absolute Gasteiger partial charge is 0.497 e. The lowest BCUT2D eigenvalue weighted by atomic mass is 9.92. The fourth-order valence-electron chi connectivity index (χ4n) is 1.58. The smallest absolute Gasteiger partial charge is 0.119 e. The highest BCUT2D eigenvalue weighted by atomic mass is 16.5. The number of benzene rings is 1. The van der Waals surface area contributed by atoms with Crippen molar-refractivity contribution in [2.24, 2.45) is 0 Å². The summed E-state index contributed by atoms with van der Waals surface area (Å²) in [7, 11) is 1.46. The molecule has 2 rings (SSSR count). The number of hydrogen-bond acceptors (Lipinski definition) is 1. The summed E-state index contributed by atoms with van der Waals surface area (Å²) < 4.78 is 28.6. The van der Waals surface area contributed by atoms with Gasteiger partial charge in [0.05, 0.1) is 11.2 Å². The lowest BCUT2D eigenvalue weighted by molar-refractivity contribution is 0.413. The minimum absolute atomic E-state index is 0.0585. The molecule has 1 heteroatoms. The summed E-state index contributed by atoms with van der Waals surface area (Å²) in [5, 5.41) is 0. The minimum Gasteiger partial charge on any atom is -0.497 e. The first-order valence-corrected chi connectivity index (χ1v) is 4.32. The highest BCUT2D eigenvalue weighted by Gasteiger charge is 2.08. The van der Waals surface area contributed by atoms with Gasteiger partial charge in [-0.2, -0.15) is 0 Å². The van der Waals surface area contributed by atoms with Gasteiger partial charge in [0.1, 0.15) is 5.75 Å². The Morgan fingerprint density at radius 1 is 1.25 bits per heavy atom. The molecule has 0 aromatic heterocycles. The third-order valence-electron chi connectivity index (χ3n) is 2.26. The van der Waals surface area contributed by atoms with E-state index in [1.165, 1.54) is 7.11 Å². The van der Waals surface area contributed by atoms with E-state index in [-0.39, 0.29) is 17.8 Å². The first-order chi connectivity index (χ1) is 7.16. The molecule has 0 spiro atoms. The van der Waals surface area contributed by atoms with Crippen LogP contribution in [0.15, 0.2) is 18.1 Å². The van der Waals surface area contributed by atoms with Crippen molar-refractivity contribution in [2.45, 2.75) is 25.7 Å². The van der Waals surface area contributed by atoms with Crippen LogP contribution in [0.4, 0.5) is 0 Å². The maximum Gasteiger partial charge on any atom is 0.119 e. The highest BCUT2D eigenvalue weighted by molar-refractivity contribution is 5.36. The summed E-state index contributed by atoms with van der Waals surface area (Å²) in [6, 6.07) is 0.619. The molecule has 1 aliphatic rings. The molecule has 0 saturated carbocycles. The van der Waals surface area contributed by atoms with Gasteiger partial charge in [-0.25, -0.2) is 0 Å². The Labute approximate surface area is 77.6 Å². The molecule has 1 nitrogen and oxygen atoms in total. The first-order valence-electron chi connectivity index (χ1n) is 5.82. The van der Waals surface area contributed by atoms with Crippen molar-refractivity contribution in [3.63, 3.8) is 0 Å². The van der Waals surface area contributed by atoms with Crippen LogP contribution in [-0.2, 0) is 12.8 Å². The molecule has 12 heavy (non-hydrogen) atoms. The van der Waals surface area contributed by atoms with Gasteiger partial charge in [0.25, 0.3) is 0 Å². The maximum absolute atomic E-state index is 7.93. The quantitative estimate of drug-likeness (QED) is 0.621. The molecule has 1 aromatic rings. The van der Waals surface area contributed by atoms with Gasteiger partial charge in [0.2, 0.25) is 0 Å². The number of ether oxygens (including phenoxy) is 1. The van der Waals surface area contributed by atoms with Crippen LogP contribution in [0, 0.1) is 0 Å². The zero-order valence-corrected chi connectivity index (χ0v) is 7.24. The number of fused-ring (bicyclic) bond motifs is 1. The van der Waals surface area contributed by atoms with Crippen molar-refractivity contribution in [3.8, 4) is 5.75 Å². The average molecular weight is 165 g/mol. The van der Waals surface area contributed by atoms with Gasteiger partial charge in [-0.3, -0.25) is 0 Å². The minimum atomic E-state index is 0.0585. The van der Waals surface area contributed by atoms with E-state index in [1.807, 2.05) is 0 Å². The number of hydrogen-bond donors (Lipinski definition) is 0. The fraction of sp³-hybridized carbons (Fsp3) is 0.455. The molecule has 0 amide bonds. The van der Waals surface area contributed by atoms with Gasteiger partial charge in [-0.05, 0) is 48.9 Å². The van der Waals surface area contributed by atoms with E-state index in [2.05, 4.69) is 0 Å². The van der Waals surface area contributed by atoms with E-state index in [1.54, 1.807) is 0 Å². The molecular weight excluding hydrogens is 148 g/mol. The van der Waals surface area contributed by atoms with Gasteiger partial charge in [0.15, 0.2) is 0 Å². The van der Waals surface area contributed by atoms with Gasteiger partial charge in [0, 0.05) is 0 Å². The zero-order valence-electron chi connectivity index (χ0n) is 10.2. The molecule has 0 N–H and O–H groups in total. The second-order valence-corrected chi connectivity index (χ2v) is 3.07. The molecule has 1 aliphatic carbocycles. The van der Waals surface area contributed by atoms with Crippen LogP contribution in [-0.4, -0.2) is 7.11 Å². The van der Waals surface area contributed by atoms with Gasteiger partial charge in [-0.15, -0.1) is 0 Å². The Kier molecular flexibility index (Phi) is 1.30. The summed E-state index contributed by atoms with van der Waals surface area (Å²) in [6.07, 6.45) is 3.80. The van der Waals surface area contributed by atoms with Crippen molar-refractivity contribution in [1.29, 1.82) is 0 Å². The number of methoxy groups -OCH3 is 1. The Morgan fingerprint density at radius 2 is 2.00 bits per heavy atom. The van der Waals surface area contributed by atoms with Crippen LogP contribution in [0.2, 0.25) is 0 Å². The Bertz CT molecular complexity index is 402. The molecule has 0 saturated heterocycles. The van der Waals surface area contributed by atoms with Crippen molar-refractivity contribution in [1.82, 2.24) is 0 Å². The van der Waals surface area contributed by atoms with Gasteiger partial charge in [-0.1, -0.05) is 6.04 Å². The number of rotatable bonds is 1. The normalized spacial score (nSPS) is 18.9. The third kappa shape index (κ3) is 1.31. The summed E-state index contributed by atoms with van der Waals surface area (Å²) in [6.45, 7) is 0. The molecule has 0 radical (unpaired) electrons. The summed E-state index contributed by atoms with van der Waals surface area (Å²) in [5.74, 6) is 0.251. The third-order valence-corrected chi connectivity index (χ3v) is 2.26. The average Bonchev–Trinajstić information content (AvgIpc) is 2.27. The summed E-state index contributed by atoms with van der Waals surface area (Å²) >= 11 is 0. The second-order valence-electron chi connectivity index (χ2n) is 3.07. The van der Waals surface area contributed by atoms with E-state index in [0.717, 1.165) is 36.8 Å². The standard InChI is InChI=1S/C11H14O/c1-12-11-7-6-9-4-2-3-5-10(9)8-11/h6-8H,2-5H2,1H3/i6D,7D,8D. The molecular formula is C11H14O. The van der Waals surface area contributed by atoms with Crippen molar-refractivity contribution >= 4 is 0 Å². The molecule has 0 heterocycles. The molecule has 0 atom stereocenters. The predicted molar refractivity (Wildman–Crippen MR) is 49.6 cm³/mol. The zero-order chi connectivity index (χ0) is 11.0. The lowest BCUT2D eigenvalue weighted by Gasteiger charge is -2.15. The van der Waals surface area contributed by atoms with Gasteiger partial charge < -0.3 is 4.74 Å². The Hall–Kier alpha value is -0.980. The molecule has 0 bridgehead atoms. The van der Waals surface area contributed by atoms with Crippen molar-refractivity contribution in [2.75, 3.05) is 7.11 Å². The monoisotopic (exact) mass is 165 g/mol. The molecule has 1 aromatic carbocycles. The van der Waals surface area contributed by atoms with Crippen LogP contribution in [0.1, 0.15) is 28.1 Å². The SMILES string of the molecule is [2H]c1c([2H])c(OC)c([2H])c2c1CCCC2. The first kappa shape index (κ1) is 4.90. The summed E-state index contributed by atoms with van der Waals surface area (Å²) in [5.41, 5.74) is 1.80.